The second-order valence-electron chi connectivity index (χ2n) is 6.92. The molecule has 1 aliphatic rings. The average Bonchev–Trinajstić information content (AvgIpc) is 3.01. The number of thiazole rings is 1. The number of hydrogen-bond acceptors (Lipinski definition) is 5. The second kappa shape index (κ2) is 9.73. The molecule has 1 aromatic heterocycles. The SMILES string of the molecule is Cc1nc(N2CCCCN(c3ccc(-c4cc(F)ccc4F)cc3)C2=O)sc1SO.O. The van der Waals surface area contributed by atoms with Gasteiger partial charge in [-0.1, -0.05) is 23.5 Å². The van der Waals surface area contributed by atoms with Crippen LogP contribution in [0.25, 0.3) is 11.1 Å². The number of carbonyl (C=O) groups excluding carboxylic acids is 1. The van der Waals surface area contributed by atoms with E-state index in [0.717, 1.165) is 31.0 Å². The molecule has 3 aromatic rings. The van der Waals surface area contributed by atoms with Crippen LogP contribution in [-0.4, -0.2) is 34.1 Å². The molecule has 1 saturated heterocycles. The van der Waals surface area contributed by atoms with Crippen molar-refractivity contribution < 1.29 is 23.6 Å². The predicted molar refractivity (Wildman–Crippen MR) is 120 cm³/mol. The summed E-state index contributed by atoms with van der Waals surface area (Å²) in [5.74, 6) is -1.01. The molecule has 1 fully saturated rings. The van der Waals surface area contributed by atoms with Gasteiger partial charge in [0.1, 0.15) is 15.8 Å². The first-order chi connectivity index (χ1) is 14.5. The molecule has 31 heavy (non-hydrogen) atoms. The summed E-state index contributed by atoms with van der Waals surface area (Å²) in [7, 11) is 0. The number of anilines is 2. The lowest BCUT2D eigenvalue weighted by molar-refractivity contribution is 0.252. The summed E-state index contributed by atoms with van der Waals surface area (Å²) in [6.07, 6.45) is 1.66. The van der Waals surface area contributed by atoms with E-state index in [0.29, 0.717) is 51.4 Å². The quantitative estimate of drug-likeness (QED) is 0.525. The van der Waals surface area contributed by atoms with E-state index < -0.39 is 11.6 Å². The Morgan fingerprint density at radius 3 is 2.39 bits per heavy atom. The minimum Gasteiger partial charge on any atom is -0.412 e. The largest absolute Gasteiger partial charge is 0.412 e. The highest BCUT2D eigenvalue weighted by Crippen LogP contribution is 2.34. The molecule has 4 rings (SSSR count). The van der Waals surface area contributed by atoms with Gasteiger partial charge in [0.2, 0.25) is 0 Å². The van der Waals surface area contributed by atoms with E-state index in [1.807, 2.05) is 0 Å². The van der Waals surface area contributed by atoms with Crippen molar-refractivity contribution in [1.29, 1.82) is 0 Å². The Labute approximate surface area is 186 Å². The van der Waals surface area contributed by atoms with Crippen LogP contribution in [0.4, 0.5) is 24.4 Å². The molecule has 0 unspecified atom stereocenters. The summed E-state index contributed by atoms with van der Waals surface area (Å²) < 4.78 is 37.6. The number of urea groups is 1. The van der Waals surface area contributed by atoms with E-state index in [1.54, 1.807) is 41.0 Å². The first-order valence-corrected chi connectivity index (χ1v) is 11.0. The van der Waals surface area contributed by atoms with Crippen molar-refractivity contribution >= 4 is 40.2 Å². The highest BCUT2D eigenvalue weighted by molar-refractivity contribution is 7.95. The van der Waals surface area contributed by atoms with Gasteiger partial charge in [-0.3, -0.25) is 9.80 Å². The zero-order valence-corrected chi connectivity index (χ0v) is 18.3. The molecule has 0 aliphatic carbocycles. The fourth-order valence-corrected chi connectivity index (χ4v) is 4.77. The second-order valence-corrected chi connectivity index (χ2v) is 8.75. The van der Waals surface area contributed by atoms with Crippen molar-refractivity contribution in [3.63, 3.8) is 0 Å². The van der Waals surface area contributed by atoms with Crippen LogP contribution in [-0.2, 0) is 0 Å². The number of aromatic nitrogens is 1. The van der Waals surface area contributed by atoms with E-state index in [9.17, 15) is 18.1 Å². The summed E-state index contributed by atoms with van der Waals surface area (Å²) >= 11 is 1.91. The lowest BCUT2D eigenvalue weighted by atomic mass is 10.0. The van der Waals surface area contributed by atoms with Gasteiger partial charge in [-0.05, 0) is 55.7 Å². The zero-order chi connectivity index (χ0) is 21.3. The Morgan fingerprint density at radius 1 is 1.06 bits per heavy atom. The summed E-state index contributed by atoms with van der Waals surface area (Å²) in [5, 5.41) is 0.555. The van der Waals surface area contributed by atoms with Gasteiger partial charge < -0.3 is 10.0 Å². The number of aryl methyl sites for hydroxylation is 1. The van der Waals surface area contributed by atoms with Gasteiger partial charge in [0, 0.05) is 36.4 Å². The zero-order valence-electron chi connectivity index (χ0n) is 16.6. The fraction of sp³-hybridized carbons (Fsp3) is 0.238. The van der Waals surface area contributed by atoms with E-state index in [4.69, 9.17) is 0 Å². The molecule has 0 spiro atoms. The Balaban J connectivity index is 0.00000272. The van der Waals surface area contributed by atoms with Crippen LogP contribution in [0.5, 0.6) is 0 Å². The molecule has 10 heteroatoms. The smallest absolute Gasteiger partial charge is 0.330 e. The van der Waals surface area contributed by atoms with Crippen LogP contribution in [0.15, 0.2) is 46.7 Å². The number of nitrogens with zero attached hydrogens (tertiary/aromatic N) is 3. The van der Waals surface area contributed by atoms with Crippen LogP contribution in [0.2, 0.25) is 0 Å². The number of halogens is 2. The topological polar surface area (TPSA) is 88.2 Å². The molecule has 3 N–H and O–H groups in total. The first-order valence-electron chi connectivity index (χ1n) is 9.41. The number of hydrogen-bond donors (Lipinski definition) is 1. The van der Waals surface area contributed by atoms with E-state index >= 15 is 0 Å². The Morgan fingerprint density at radius 2 is 1.74 bits per heavy atom. The maximum Gasteiger partial charge on any atom is 0.330 e. The molecule has 2 heterocycles. The summed E-state index contributed by atoms with van der Waals surface area (Å²) in [6.45, 7) is 2.89. The van der Waals surface area contributed by atoms with Crippen molar-refractivity contribution in [2.24, 2.45) is 0 Å². The van der Waals surface area contributed by atoms with Crippen molar-refractivity contribution in [1.82, 2.24) is 4.98 Å². The van der Waals surface area contributed by atoms with Crippen molar-refractivity contribution in [2.45, 2.75) is 24.0 Å². The van der Waals surface area contributed by atoms with Crippen molar-refractivity contribution in [3.05, 3.63) is 59.8 Å². The van der Waals surface area contributed by atoms with Gasteiger partial charge in [-0.25, -0.2) is 18.6 Å². The molecular weight excluding hydrogens is 444 g/mol. The third-order valence-electron chi connectivity index (χ3n) is 4.95. The summed E-state index contributed by atoms with van der Waals surface area (Å²) in [5.41, 5.74) is 2.08. The minimum atomic E-state index is -0.507. The standard InChI is InChI=1S/C21H19F2N3O2S2.H2O/c1-13-19(30-28)29-20(24-13)26-11-3-2-10-25(21(26)27)16-7-4-14(5-8-16)17-12-15(22)6-9-18(17)23;/h4-9,12,28H,2-3,10-11H2,1H3;1H2. The van der Waals surface area contributed by atoms with Crippen LogP contribution >= 0.6 is 23.4 Å². The Kier molecular flexibility index (Phi) is 7.26. The van der Waals surface area contributed by atoms with Crippen LogP contribution < -0.4 is 9.80 Å². The highest BCUT2D eigenvalue weighted by Gasteiger charge is 2.29. The molecule has 0 radical (unpaired) electrons. The molecule has 6 nitrogen and oxygen atoms in total. The molecule has 0 saturated carbocycles. The Hall–Kier alpha value is -2.53. The molecule has 2 aromatic carbocycles. The van der Waals surface area contributed by atoms with E-state index in [-0.39, 0.29) is 17.1 Å². The van der Waals surface area contributed by atoms with Gasteiger partial charge >= 0.3 is 6.03 Å². The van der Waals surface area contributed by atoms with Gasteiger partial charge in [-0.15, -0.1) is 0 Å². The first kappa shape index (κ1) is 23.1. The highest BCUT2D eigenvalue weighted by atomic mass is 32.2. The summed E-state index contributed by atoms with van der Waals surface area (Å²) in [6, 6.07) is 9.99. The van der Waals surface area contributed by atoms with Gasteiger partial charge in [0.15, 0.2) is 5.13 Å². The normalized spacial score (nSPS) is 14.4. The van der Waals surface area contributed by atoms with Gasteiger partial charge in [0.25, 0.3) is 0 Å². The minimum absolute atomic E-state index is 0. The van der Waals surface area contributed by atoms with Gasteiger partial charge in [-0.2, -0.15) is 0 Å². The summed E-state index contributed by atoms with van der Waals surface area (Å²) in [4.78, 5) is 21.0. The van der Waals surface area contributed by atoms with Crippen LogP contribution in [0.3, 0.4) is 0 Å². The van der Waals surface area contributed by atoms with E-state index in [2.05, 4.69) is 4.98 Å². The third-order valence-corrected chi connectivity index (χ3v) is 6.86. The van der Waals surface area contributed by atoms with Crippen LogP contribution in [0.1, 0.15) is 18.5 Å². The number of benzene rings is 2. The molecular formula is C21H21F2N3O3S2. The third kappa shape index (κ3) is 4.72. The average molecular weight is 466 g/mol. The molecule has 0 atom stereocenters. The number of rotatable bonds is 4. The monoisotopic (exact) mass is 465 g/mol. The fourth-order valence-electron chi connectivity index (χ4n) is 3.40. The number of carbonyl (C=O) groups is 1. The maximum atomic E-state index is 14.1. The van der Waals surface area contributed by atoms with Gasteiger partial charge in [0.05, 0.1) is 5.69 Å². The maximum absolute atomic E-state index is 14.1. The van der Waals surface area contributed by atoms with E-state index in [1.165, 1.54) is 11.3 Å². The predicted octanol–water partition coefficient (Wildman–Crippen LogP) is 5.36. The van der Waals surface area contributed by atoms with Crippen LogP contribution in [0, 0.1) is 18.6 Å². The molecule has 2 amide bonds. The lowest BCUT2D eigenvalue weighted by Crippen LogP contribution is -2.42. The molecule has 1 aliphatic heterocycles. The lowest BCUT2D eigenvalue weighted by Gasteiger charge is -2.26. The molecule has 164 valence electrons. The molecule has 0 bridgehead atoms. The number of amides is 2. The van der Waals surface area contributed by atoms with Crippen molar-refractivity contribution in [2.75, 3.05) is 22.9 Å². The van der Waals surface area contributed by atoms with Crippen molar-refractivity contribution in [3.8, 4) is 11.1 Å². The Bertz CT molecular complexity index is 1080.